The van der Waals surface area contributed by atoms with Crippen LogP contribution in [0.15, 0.2) is 65.1 Å². The number of furan rings is 1. The molecule has 6 heteroatoms. The zero-order valence-electron chi connectivity index (χ0n) is 15.7. The first-order valence-electron chi connectivity index (χ1n) is 8.69. The number of ether oxygens (including phenoxy) is 2. The highest BCUT2D eigenvalue weighted by Crippen LogP contribution is 2.20. The fourth-order valence-corrected chi connectivity index (χ4v) is 2.71. The molecule has 1 heterocycles. The lowest BCUT2D eigenvalue weighted by Gasteiger charge is -2.16. The molecule has 0 atom stereocenters. The van der Waals surface area contributed by atoms with E-state index in [4.69, 9.17) is 19.2 Å². The van der Waals surface area contributed by atoms with Gasteiger partial charge >= 0.3 is 0 Å². The molecule has 0 spiro atoms. The Morgan fingerprint density at radius 2 is 1.96 bits per heavy atom. The molecule has 142 valence electrons. The molecular weight excluding hydrogens is 356 g/mol. The van der Waals surface area contributed by atoms with E-state index in [1.54, 1.807) is 55.5 Å². The molecule has 0 aliphatic heterocycles. The third-order valence-electron chi connectivity index (χ3n) is 4.15. The Morgan fingerprint density at radius 3 is 2.75 bits per heavy atom. The number of hydrogen-bond acceptors (Lipinski definition) is 5. The van der Waals surface area contributed by atoms with Crippen molar-refractivity contribution < 1.29 is 18.7 Å². The van der Waals surface area contributed by atoms with Crippen molar-refractivity contribution in [2.24, 2.45) is 0 Å². The molecule has 0 saturated carbocycles. The van der Waals surface area contributed by atoms with Gasteiger partial charge < -0.3 is 18.8 Å². The van der Waals surface area contributed by atoms with E-state index < -0.39 is 0 Å². The average Bonchev–Trinajstić information content (AvgIpc) is 3.21. The number of carbonyl (C=O) groups is 1. The molecule has 0 aliphatic rings. The van der Waals surface area contributed by atoms with Crippen molar-refractivity contribution in [1.29, 1.82) is 5.26 Å². The van der Waals surface area contributed by atoms with Crippen LogP contribution in [0.1, 0.15) is 27.4 Å². The number of benzene rings is 2. The molecule has 3 aromatic rings. The number of methoxy groups -OCH3 is 1. The molecule has 3 rings (SSSR count). The van der Waals surface area contributed by atoms with Gasteiger partial charge in [0.05, 0.1) is 12.7 Å². The lowest BCUT2D eigenvalue weighted by molar-refractivity contribution is 0.0749. The molecule has 0 radical (unpaired) electrons. The van der Waals surface area contributed by atoms with E-state index in [9.17, 15) is 4.79 Å². The van der Waals surface area contributed by atoms with Crippen LogP contribution < -0.4 is 9.47 Å². The number of carbonyl (C=O) groups excluding carboxylic acids is 1. The minimum Gasteiger partial charge on any atom is -0.497 e. The number of para-hydroxylation sites is 1. The fourth-order valence-electron chi connectivity index (χ4n) is 2.71. The van der Waals surface area contributed by atoms with E-state index in [2.05, 4.69) is 6.07 Å². The van der Waals surface area contributed by atoms with Crippen molar-refractivity contribution in [3.05, 3.63) is 83.3 Å². The summed E-state index contributed by atoms with van der Waals surface area (Å²) in [5, 5.41) is 9.10. The first-order chi connectivity index (χ1) is 13.6. The Kier molecular flexibility index (Phi) is 5.97. The second kappa shape index (κ2) is 8.78. The van der Waals surface area contributed by atoms with E-state index in [0.717, 1.165) is 11.3 Å². The number of nitriles is 1. The van der Waals surface area contributed by atoms with E-state index in [1.165, 1.54) is 0 Å². The van der Waals surface area contributed by atoms with E-state index >= 15 is 0 Å². The van der Waals surface area contributed by atoms with Crippen LogP contribution in [0.5, 0.6) is 11.5 Å². The third kappa shape index (κ3) is 4.51. The minimum absolute atomic E-state index is 0.131. The van der Waals surface area contributed by atoms with Crippen LogP contribution in [0.2, 0.25) is 0 Å². The predicted octanol–water partition coefficient (Wildman–Crippen LogP) is 4.01. The smallest absolute Gasteiger partial charge is 0.289 e. The summed E-state index contributed by atoms with van der Waals surface area (Å²) in [5.74, 6) is 1.73. The fraction of sp³-hybridized carbons (Fsp3) is 0.182. The van der Waals surface area contributed by atoms with Gasteiger partial charge in [0.25, 0.3) is 5.91 Å². The summed E-state index contributed by atoms with van der Waals surface area (Å²) < 4.78 is 16.5. The standard InChI is InChI=1S/C22H20N2O4/c1-24(14-16-6-5-8-18(12-16)26-2)22(25)21-11-10-19(28-21)15-27-20-9-4-3-7-17(20)13-23/h3-12H,14-15H2,1-2H3. The summed E-state index contributed by atoms with van der Waals surface area (Å²) in [6.07, 6.45) is 0. The Bertz CT molecular complexity index is 1000. The lowest BCUT2D eigenvalue weighted by Crippen LogP contribution is -2.25. The molecule has 6 nitrogen and oxygen atoms in total. The normalized spacial score (nSPS) is 10.2. The van der Waals surface area contributed by atoms with Crippen LogP contribution in [0.4, 0.5) is 0 Å². The molecule has 0 saturated heterocycles. The highest BCUT2D eigenvalue weighted by atomic mass is 16.5. The quantitative estimate of drug-likeness (QED) is 0.623. The second-order valence-electron chi connectivity index (χ2n) is 6.18. The van der Waals surface area contributed by atoms with E-state index in [0.29, 0.717) is 23.6 Å². The number of amides is 1. The number of nitrogens with zero attached hydrogens (tertiary/aromatic N) is 2. The predicted molar refractivity (Wildman–Crippen MR) is 103 cm³/mol. The average molecular weight is 376 g/mol. The van der Waals surface area contributed by atoms with Gasteiger partial charge in [-0.3, -0.25) is 4.79 Å². The molecule has 0 aliphatic carbocycles. The maximum absolute atomic E-state index is 12.6. The molecule has 0 bridgehead atoms. The van der Waals surface area contributed by atoms with E-state index in [-0.39, 0.29) is 18.3 Å². The Balaban J connectivity index is 1.62. The van der Waals surface area contributed by atoms with Gasteiger partial charge in [0.15, 0.2) is 5.76 Å². The SMILES string of the molecule is COc1cccc(CN(C)C(=O)c2ccc(COc3ccccc3C#N)o2)c1. The highest BCUT2D eigenvalue weighted by molar-refractivity contribution is 5.91. The van der Waals surface area contributed by atoms with Gasteiger partial charge in [-0.05, 0) is 42.0 Å². The van der Waals surface area contributed by atoms with Crippen molar-refractivity contribution in [2.75, 3.05) is 14.2 Å². The summed E-state index contributed by atoms with van der Waals surface area (Å²) in [5.41, 5.74) is 1.40. The summed E-state index contributed by atoms with van der Waals surface area (Å²) >= 11 is 0. The highest BCUT2D eigenvalue weighted by Gasteiger charge is 2.17. The van der Waals surface area contributed by atoms with Crippen LogP contribution in [-0.2, 0) is 13.2 Å². The van der Waals surface area contributed by atoms with Gasteiger partial charge in [-0.15, -0.1) is 0 Å². The summed E-state index contributed by atoms with van der Waals surface area (Å²) in [6, 6.07) is 19.9. The molecular formula is C22H20N2O4. The van der Waals surface area contributed by atoms with Crippen LogP contribution in [0.3, 0.4) is 0 Å². The van der Waals surface area contributed by atoms with Gasteiger partial charge in [0, 0.05) is 13.6 Å². The van der Waals surface area contributed by atoms with Crippen molar-refractivity contribution in [3.8, 4) is 17.6 Å². The molecule has 2 aromatic carbocycles. The van der Waals surface area contributed by atoms with Gasteiger partial charge in [0.1, 0.15) is 29.9 Å². The Labute approximate surface area is 163 Å². The molecule has 1 amide bonds. The van der Waals surface area contributed by atoms with Crippen LogP contribution in [0, 0.1) is 11.3 Å². The van der Waals surface area contributed by atoms with Crippen LogP contribution >= 0.6 is 0 Å². The molecule has 1 aromatic heterocycles. The zero-order valence-corrected chi connectivity index (χ0v) is 15.7. The molecule has 0 N–H and O–H groups in total. The maximum Gasteiger partial charge on any atom is 0.289 e. The van der Waals surface area contributed by atoms with Gasteiger partial charge in [-0.1, -0.05) is 24.3 Å². The third-order valence-corrected chi connectivity index (χ3v) is 4.15. The van der Waals surface area contributed by atoms with Gasteiger partial charge in [-0.2, -0.15) is 5.26 Å². The lowest BCUT2D eigenvalue weighted by atomic mass is 10.2. The van der Waals surface area contributed by atoms with E-state index in [1.807, 2.05) is 24.3 Å². The second-order valence-corrected chi connectivity index (χ2v) is 6.18. The first-order valence-corrected chi connectivity index (χ1v) is 8.69. The van der Waals surface area contributed by atoms with Crippen molar-refractivity contribution >= 4 is 5.91 Å². The zero-order chi connectivity index (χ0) is 19.9. The largest absolute Gasteiger partial charge is 0.497 e. The molecule has 0 fully saturated rings. The molecule has 28 heavy (non-hydrogen) atoms. The number of hydrogen-bond donors (Lipinski definition) is 0. The van der Waals surface area contributed by atoms with Crippen LogP contribution in [-0.4, -0.2) is 25.0 Å². The van der Waals surface area contributed by atoms with Gasteiger partial charge in [0.2, 0.25) is 0 Å². The van der Waals surface area contributed by atoms with Crippen molar-refractivity contribution in [1.82, 2.24) is 4.90 Å². The maximum atomic E-state index is 12.6. The van der Waals surface area contributed by atoms with Crippen LogP contribution in [0.25, 0.3) is 0 Å². The Hall–Kier alpha value is -3.72. The first kappa shape index (κ1) is 19.1. The van der Waals surface area contributed by atoms with Crippen molar-refractivity contribution in [3.63, 3.8) is 0 Å². The summed E-state index contributed by atoms with van der Waals surface area (Å²) in [6.45, 7) is 0.559. The monoisotopic (exact) mass is 376 g/mol. The molecule has 0 unspecified atom stereocenters. The minimum atomic E-state index is -0.230. The number of rotatable bonds is 7. The van der Waals surface area contributed by atoms with Gasteiger partial charge in [-0.25, -0.2) is 0 Å². The summed E-state index contributed by atoms with van der Waals surface area (Å²) in [7, 11) is 3.32. The Morgan fingerprint density at radius 1 is 1.14 bits per heavy atom. The summed E-state index contributed by atoms with van der Waals surface area (Å²) in [4.78, 5) is 14.2. The topological polar surface area (TPSA) is 75.7 Å². The van der Waals surface area contributed by atoms with Crippen molar-refractivity contribution in [2.45, 2.75) is 13.2 Å².